The fourth-order valence-corrected chi connectivity index (χ4v) is 0. The van der Waals surface area contributed by atoms with Crippen molar-refractivity contribution in [2.45, 2.75) is 0 Å². The Hall–Kier alpha value is 2.57. The van der Waals surface area contributed by atoms with Crippen LogP contribution in [0.4, 0.5) is 0 Å². The molecule has 0 aromatic rings. The summed E-state index contributed by atoms with van der Waals surface area (Å²) in [7, 11) is 0. The van der Waals surface area contributed by atoms with Gasteiger partial charge in [0.2, 0.25) is 0 Å². The van der Waals surface area contributed by atoms with Gasteiger partial charge in [0.05, 0.1) is 0 Å². The molecule has 0 aliphatic rings. The molecule has 0 radical (unpaired) electrons. The third-order valence-corrected chi connectivity index (χ3v) is 0. The Labute approximate surface area is 105 Å². The van der Waals surface area contributed by atoms with Gasteiger partial charge in [-0.1, -0.05) is 0 Å². The summed E-state index contributed by atoms with van der Waals surface area (Å²) in [5.74, 6) is 0. The molecule has 8 heavy (non-hydrogen) atoms. The molecule has 4 N–H and O–H groups in total. The first-order valence-electron chi connectivity index (χ1n) is 0. The zero-order chi connectivity index (χ0) is 0. The predicted molar refractivity (Wildman–Crippen MR) is 6.27 cm³/mol. The molecule has 0 aliphatic heterocycles. The summed E-state index contributed by atoms with van der Waals surface area (Å²) in [6.07, 6.45) is 0. The summed E-state index contributed by atoms with van der Waals surface area (Å²) >= 11 is 0. The third kappa shape index (κ3) is 74.4. The zero-order valence-corrected chi connectivity index (χ0v) is 11.6. The van der Waals surface area contributed by atoms with Gasteiger partial charge in [-0.25, -0.2) is 0 Å². The van der Waals surface area contributed by atoms with Crippen molar-refractivity contribution in [1.82, 2.24) is 0 Å². The molecule has 0 rings (SSSR count). The van der Waals surface area contributed by atoms with Crippen LogP contribution in [0.2, 0.25) is 0 Å². The fraction of sp³-hybridized carbons (Fsp3) is 0. The number of halogens is 6. The maximum absolute atomic E-state index is 0. The fourth-order valence-electron chi connectivity index (χ4n) is 0. The minimum Gasteiger partial charge on any atom is -1.00 e. The summed E-state index contributed by atoms with van der Waals surface area (Å²) in [6.45, 7) is 0. The molecule has 0 atom stereocenters. The molecule has 0 saturated heterocycles. The maximum atomic E-state index is 0. The molecule has 0 amide bonds. The van der Waals surface area contributed by atoms with E-state index in [0.29, 0.717) is 0 Å². The first-order valence-corrected chi connectivity index (χ1v) is 0. The molecule has 0 aromatic carbocycles. The topological polar surface area (TPSA) is 34.5 Å². The first-order chi connectivity index (χ1) is 0. The molecule has 0 unspecified atom stereocenters. The Morgan fingerprint density at radius 3 is 0.375 bits per heavy atom. The van der Waals surface area contributed by atoms with Gasteiger partial charge >= 0.3 is 25.8 Å². The summed E-state index contributed by atoms with van der Waals surface area (Å²) in [4.78, 5) is 0. The largest absolute Gasteiger partial charge is 4.00 e. The van der Waals surface area contributed by atoms with E-state index in [2.05, 4.69) is 0 Å². The van der Waals surface area contributed by atoms with Gasteiger partial charge in [-0.2, -0.15) is 0 Å². The zero-order valence-electron chi connectivity index (χ0n) is 3.47. The van der Waals surface area contributed by atoms with Gasteiger partial charge in [0.25, 0.3) is 0 Å². The van der Waals surface area contributed by atoms with Crippen molar-refractivity contribution in [1.29, 1.82) is 0 Å². The van der Waals surface area contributed by atoms with Gasteiger partial charge in [0.15, 0.2) is 0 Å². The van der Waals surface area contributed by atoms with Gasteiger partial charge < -0.3 is 79.9 Å². The van der Waals surface area contributed by atoms with Crippen LogP contribution in [0.3, 0.4) is 0 Å². The average Bonchev–Trinajstić information content (AvgIpc) is 0. The van der Waals surface area contributed by atoms with E-state index in [-0.39, 0.29) is 106 Å². The molecular weight excluding hydrogens is 407 g/mol. The Morgan fingerprint density at radius 1 is 0.375 bits per heavy atom. The predicted octanol–water partition coefficient (Wildman–Crippen LogP) is -19.2. The average molecular weight is 411 g/mol. The summed E-state index contributed by atoms with van der Waals surface area (Å²) < 4.78 is 0. The normalized spacial score (nSPS) is 0. The van der Waals surface area contributed by atoms with Crippen LogP contribution in [0.5, 0.6) is 0 Å². The molecule has 0 bridgehead atoms. The van der Waals surface area contributed by atoms with Crippen molar-refractivity contribution in [2.24, 2.45) is 0 Å². The monoisotopic (exact) mass is 410 g/mol. The Morgan fingerprint density at radius 2 is 0.375 bits per heavy atom. The molecule has 8 heteroatoms. The van der Waals surface area contributed by atoms with Crippen molar-refractivity contribution in [3.05, 3.63) is 0 Å². The van der Waals surface area contributed by atoms with Crippen molar-refractivity contribution in [3.8, 4) is 0 Å². The first kappa shape index (κ1) is 147. The quantitative estimate of drug-likeness (QED) is 0.355. The molecule has 0 aliphatic carbocycles. The van der Waals surface area contributed by atoms with E-state index < -0.39 is 0 Å². The van der Waals surface area contributed by atoms with Crippen LogP contribution in [0.15, 0.2) is 0 Å². The molecule has 0 aromatic heterocycles. The van der Waals surface area contributed by atoms with Crippen LogP contribution >= 0.6 is 0 Å². The van der Waals surface area contributed by atoms with Crippen molar-refractivity contribution >= 4 is 0 Å². The van der Waals surface area contributed by atoms with Crippen LogP contribution in [0.1, 0.15) is 0 Å². The van der Waals surface area contributed by atoms with E-state index in [0.717, 1.165) is 0 Å². The molecule has 1 nitrogen and oxygen atoms in total. The summed E-state index contributed by atoms with van der Waals surface area (Å²) in [6, 6.07) is 0. The van der Waals surface area contributed by atoms with E-state index >= 15 is 0 Å². The van der Waals surface area contributed by atoms with E-state index in [9.17, 15) is 0 Å². The smallest absolute Gasteiger partial charge is 1.00 e. The van der Waals surface area contributed by atoms with E-state index in [1.54, 1.807) is 0 Å². The minimum absolute atomic E-state index is 0. The second-order valence-corrected chi connectivity index (χ2v) is 0. The number of rotatable bonds is 0. The molecular formula is H4Cl6HfO. The maximum Gasteiger partial charge on any atom is 4.00 e. The van der Waals surface area contributed by atoms with E-state index in [4.69, 9.17) is 0 Å². The SMILES string of the molecule is [Cl-].[Cl-].[Cl-].[Cl-].[Cl-].[Cl-].[Hf+4].[OH4+2]. The van der Waals surface area contributed by atoms with Gasteiger partial charge in [0, 0.05) is 0 Å². The summed E-state index contributed by atoms with van der Waals surface area (Å²) in [5.41, 5.74) is 0. The van der Waals surface area contributed by atoms with Gasteiger partial charge in [-0.15, -0.1) is 0 Å². The molecule has 0 heterocycles. The van der Waals surface area contributed by atoms with Gasteiger partial charge in [-0.05, 0) is 0 Å². The number of hydrogen-bond donors (Lipinski definition) is 0. The van der Waals surface area contributed by atoms with Crippen molar-refractivity contribution in [2.75, 3.05) is 0 Å². The Bertz CT molecular complexity index is 8.49. The van der Waals surface area contributed by atoms with Crippen LogP contribution in [-0.2, 0) is 31.3 Å². The molecule has 0 fully saturated rings. The standard InChI is InChI=1S/6ClH.Hf.H4O/h6*1H;;1H4/q;;;;;;+4;+2/p-6. The summed E-state index contributed by atoms with van der Waals surface area (Å²) in [5, 5.41) is 0. The van der Waals surface area contributed by atoms with E-state index in [1.165, 1.54) is 0 Å². The molecule has 56 valence electrons. The van der Waals surface area contributed by atoms with E-state index in [1.807, 2.05) is 0 Å². The second kappa shape index (κ2) is 106. The molecule has 0 saturated carbocycles. The third-order valence-electron chi connectivity index (χ3n) is 0. The van der Waals surface area contributed by atoms with Crippen molar-refractivity contribution < 1.29 is 106 Å². The van der Waals surface area contributed by atoms with Crippen LogP contribution in [-0.4, -0.2) is 0 Å². The van der Waals surface area contributed by atoms with Crippen LogP contribution in [0, 0.1) is 0 Å². The Kier molecular flexibility index (Phi) is 1950. The van der Waals surface area contributed by atoms with Crippen LogP contribution in [0.25, 0.3) is 0 Å². The van der Waals surface area contributed by atoms with Crippen molar-refractivity contribution in [3.63, 3.8) is 0 Å². The number of hydrogen-bond acceptors (Lipinski definition) is 0. The van der Waals surface area contributed by atoms with Gasteiger partial charge in [0.1, 0.15) is 0 Å². The minimum atomic E-state index is 0. The van der Waals surface area contributed by atoms with Gasteiger partial charge in [-0.3, -0.25) is 0 Å². The Balaban J connectivity index is 0. The molecule has 0 spiro atoms. The second-order valence-electron chi connectivity index (χ2n) is 0. The van der Waals surface area contributed by atoms with Crippen LogP contribution < -0.4 is 74.4 Å².